The lowest BCUT2D eigenvalue weighted by Gasteiger charge is -2.11. The third-order valence-electron chi connectivity index (χ3n) is 2.95. The number of aromatic nitrogens is 2. The molecule has 19 heavy (non-hydrogen) atoms. The largest absolute Gasteiger partial charge is 0.392 e. The van der Waals surface area contributed by atoms with Crippen LogP contribution in [0.1, 0.15) is 17.5 Å². The highest BCUT2D eigenvalue weighted by Gasteiger charge is 2.05. The van der Waals surface area contributed by atoms with E-state index >= 15 is 0 Å². The maximum absolute atomic E-state index is 9.89. The summed E-state index contributed by atoms with van der Waals surface area (Å²) >= 11 is 0. The highest BCUT2D eigenvalue weighted by atomic mass is 35.5. The van der Waals surface area contributed by atoms with E-state index in [2.05, 4.69) is 4.98 Å². The zero-order chi connectivity index (χ0) is 12.8. The number of hydrogen-bond acceptors (Lipinski definition) is 3. The lowest BCUT2D eigenvalue weighted by atomic mass is 10.1. The standard InChI is InChI=1S/C14H18N2O2.ClH/c17-10-13-3-1-12(2-4-13)5-6-14(18)9-16-8-7-15-11-16;/h1-4,7-8,11,14,17-18H,5-6,9-10H2;1H. The predicted octanol–water partition coefficient (Wildman–Crippen LogP) is 1.79. The number of aryl methyl sites for hydroxylation is 1. The van der Waals surface area contributed by atoms with Crippen molar-refractivity contribution in [3.8, 4) is 0 Å². The number of rotatable bonds is 6. The van der Waals surface area contributed by atoms with Gasteiger partial charge in [0, 0.05) is 18.9 Å². The molecule has 1 aromatic heterocycles. The second kappa shape index (κ2) is 7.94. The first kappa shape index (κ1) is 15.7. The molecule has 0 amide bonds. The molecular weight excluding hydrogens is 264 g/mol. The van der Waals surface area contributed by atoms with Crippen LogP contribution in [0.25, 0.3) is 0 Å². The first-order valence-electron chi connectivity index (χ1n) is 6.10. The molecule has 0 fully saturated rings. The van der Waals surface area contributed by atoms with Gasteiger partial charge >= 0.3 is 0 Å². The van der Waals surface area contributed by atoms with Crippen LogP contribution in [0.3, 0.4) is 0 Å². The van der Waals surface area contributed by atoms with Crippen LogP contribution in [-0.2, 0) is 19.6 Å². The van der Waals surface area contributed by atoms with Gasteiger partial charge in [-0.2, -0.15) is 0 Å². The predicted molar refractivity (Wildman–Crippen MR) is 76.2 cm³/mol. The van der Waals surface area contributed by atoms with E-state index in [1.54, 1.807) is 12.5 Å². The van der Waals surface area contributed by atoms with E-state index < -0.39 is 0 Å². The van der Waals surface area contributed by atoms with Crippen LogP contribution in [0.5, 0.6) is 0 Å². The smallest absolute Gasteiger partial charge is 0.0946 e. The van der Waals surface area contributed by atoms with E-state index in [1.807, 2.05) is 35.0 Å². The molecule has 1 atom stereocenters. The summed E-state index contributed by atoms with van der Waals surface area (Å²) in [5, 5.41) is 18.8. The summed E-state index contributed by atoms with van der Waals surface area (Å²) in [5.41, 5.74) is 2.09. The molecule has 0 aliphatic carbocycles. The highest BCUT2D eigenvalue weighted by molar-refractivity contribution is 5.85. The molecule has 104 valence electrons. The Labute approximate surface area is 119 Å². The summed E-state index contributed by atoms with van der Waals surface area (Å²) in [5.74, 6) is 0. The molecule has 1 aromatic carbocycles. The normalized spacial score (nSPS) is 11.9. The van der Waals surface area contributed by atoms with E-state index in [4.69, 9.17) is 5.11 Å². The van der Waals surface area contributed by atoms with Crippen molar-refractivity contribution in [2.45, 2.75) is 32.1 Å². The molecule has 5 heteroatoms. The van der Waals surface area contributed by atoms with Gasteiger partial charge in [-0.15, -0.1) is 12.4 Å². The molecule has 0 radical (unpaired) electrons. The van der Waals surface area contributed by atoms with Crippen LogP contribution in [0.15, 0.2) is 43.0 Å². The molecule has 0 aliphatic heterocycles. The Bertz CT molecular complexity index is 457. The molecule has 1 unspecified atom stereocenters. The monoisotopic (exact) mass is 282 g/mol. The van der Waals surface area contributed by atoms with Crippen LogP contribution in [0.2, 0.25) is 0 Å². The maximum Gasteiger partial charge on any atom is 0.0946 e. The van der Waals surface area contributed by atoms with Gasteiger partial charge < -0.3 is 14.8 Å². The molecule has 1 heterocycles. The molecule has 2 N–H and O–H groups in total. The molecule has 4 nitrogen and oxygen atoms in total. The van der Waals surface area contributed by atoms with Crippen molar-refractivity contribution in [3.05, 3.63) is 54.1 Å². The minimum atomic E-state index is -0.364. The summed E-state index contributed by atoms with van der Waals surface area (Å²) in [6.45, 7) is 0.651. The summed E-state index contributed by atoms with van der Waals surface area (Å²) < 4.78 is 1.87. The molecule has 0 saturated heterocycles. The quantitative estimate of drug-likeness (QED) is 0.849. The number of hydrogen-bond donors (Lipinski definition) is 2. The number of nitrogens with zero attached hydrogens (tertiary/aromatic N) is 2. The Hall–Kier alpha value is -1.36. The average Bonchev–Trinajstić information content (AvgIpc) is 2.90. The summed E-state index contributed by atoms with van der Waals surface area (Å²) in [7, 11) is 0. The Kier molecular flexibility index (Phi) is 6.56. The Morgan fingerprint density at radius 1 is 1.16 bits per heavy atom. The highest BCUT2D eigenvalue weighted by Crippen LogP contribution is 2.09. The fourth-order valence-electron chi connectivity index (χ4n) is 1.87. The van der Waals surface area contributed by atoms with E-state index in [1.165, 1.54) is 5.56 Å². The van der Waals surface area contributed by atoms with Gasteiger partial charge in [0.2, 0.25) is 0 Å². The first-order chi connectivity index (χ1) is 8.78. The van der Waals surface area contributed by atoms with Gasteiger partial charge in [-0.3, -0.25) is 0 Å². The van der Waals surface area contributed by atoms with Gasteiger partial charge in [-0.05, 0) is 24.0 Å². The zero-order valence-corrected chi connectivity index (χ0v) is 11.5. The van der Waals surface area contributed by atoms with Crippen molar-refractivity contribution in [1.29, 1.82) is 0 Å². The van der Waals surface area contributed by atoms with Crippen molar-refractivity contribution in [1.82, 2.24) is 9.55 Å². The number of aliphatic hydroxyl groups is 2. The lowest BCUT2D eigenvalue weighted by Crippen LogP contribution is -2.15. The fraction of sp³-hybridized carbons (Fsp3) is 0.357. The Morgan fingerprint density at radius 3 is 2.42 bits per heavy atom. The van der Waals surface area contributed by atoms with Gasteiger partial charge in [-0.1, -0.05) is 24.3 Å². The van der Waals surface area contributed by atoms with E-state index in [0.29, 0.717) is 6.54 Å². The third-order valence-corrected chi connectivity index (χ3v) is 2.95. The van der Waals surface area contributed by atoms with Crippen molar-refractivity contribution in [2.24, 2.45) is 0 Å². The third kappa shape index (κ3) is 5.03. The van der Waals surface area contributed by atoms with E-state index in [9.17, 15) is 5.11 Å². The molecule has 0 aliphatic rings. The first-order valence-corrected chi connectivity index (χ1v) is 6.10. The van der Waals surface area contributed by atoms with Gasteiger partial charge in [-0.25, -0.2) is 4.98 Å². The van der Waals surface area contributed by atoms with E-state index in [0.717, 1.165) is 18.4 Å². The SMILES string of the molecule is Cl.OCc1ccc(CCC(O)Cn2ccnc2)cc1. The molecule has 2 rings (SSSR count). The number of aliphatic hydroxyl groups excluding tert-OH is 2. The topological polar surface area (TPSA) is 58.3 Å². The average molecular weight is 283 g/mol. The minimum absolute atomic E-state index is 0. The maximum atomic E-state index is 9.89. The van der Waals surface area contributed by atoms with Gasteiger partial charge in [0.25, 0.3) is 0 Å². The van der Waals surface area contributed by atoms with Gasteiger partial charge in [0.15, 0.2) is 0 Å². The molecule has 2 aromatic rings. The fourth-order valence-corrected chi connectivity index (χ4v) is 1.87. The number of benzene rings is 1. The van der Waals surface area contributed by atoms with Gasteiger partial charge in [0.05, 0.1) is 19.0 Å². The molecule has 0 spiro atoms. The number of imidazole rings is 1. The van der Waals surface area contributed by atoms with Crippen molar-refractivity contribution in [3.63, 3.8) is 0 Å². The van der Waals surface area contributed by atoms with Crippen molar-refractivity contribution < 1.29 is 10.2 Å². The van der Waals surface area contributed by atoms with Crippen molar-refractivity contribution in [2.75, 3.05) is 0 Å². The van der Waals surface area contributed by atoms with Crippen LogP contribution >= 0.6 is 12.4 Å². The van der Waals surface area contributed by atoms with Crippen LogP contribution in [-0.4, -0.2) is 25.9 Å². The zero-order valence-electron chi connectivity index (χ0n) is 10.6. The van der Waals surface area contributed by atoms with Crippen LogP contribution in [0, 0.1) is 0 Å². The Morgan fingerprint density at radius 2 is 1.84 bits per heavy atom. The second-order valence-corrected chi connectivity index (χ2v) is 4.43. The van der Waals surface area contributed by atoms with Crippen LogP contribution < -0.4 is 0 Å². The summed E-state index contributed by atoms with van der Waals surface area (Å²) in [4.78, 5) is 3.94. The number of halogens is 1. The second-order valence-electron chi connectivity index (χ2n) is 4.43. The summed E-state index contributed by atoms with van der Waals surface area (Å²) in [6.07, 6.45) is 6.45. The molecule has 0 saturated carbocycles. The van der Waals surface area contributed by atoms with Crippen LogP contribution in [0.4, 0.5) is 0 Å². The molecule has 0 bridgehead atoms. The van der Waals surface area contributed by atoms with E-state index in [-0.39, 0.29) is 25.1 Å². The van der Waals surface area contributed by atoms with Crippen molar-refractivity contribution >= 4 is 12.4 Å². The van der Waals surface area contributed by atoms with Gasteiger partial charge in [0.1, 0.15) is 0 Å². The lowest BCUT2D eigenvalue weighted by molar-refractivity contribution is 0.144. The minimum Gasteiger partial charge on any atom is -0.392 e. The Balaban J connectivity index is 0.00000180. The summed E-state index contributed by atoms with van der Waals surface area (Å²) in [6, 6.07) is 7.82. The molecular formula is C14H19ClN2O2.